The smallest absolute Gasteiger partial charge is 0.337 e. The van der Waals surface area contributed by atoms with Gasteiger partial charge in [0.15, 0.2) is 0 Å². The molecule has 1 N–H and O–H groups in total. The highest BCUT2D eigenvalue weighted by Crippen LogP contribution is 2.37. The Labute approximate surface area is 167 Å². The molecule has 0 amide bonds. The Kier molecular flexibility index (Phi) is 4.74. The van der Waals surface area contributed by atoms with E-state index < -0.39 is 11.7 Å². The molecule has 0 fully saturated rings. The largest absolute Gasteiger partial charge is 0.416 e. The number of benzene rings is 3. The normalized spacial score (nSPS) is 11.6. The van der Waals surface area contributed by atoms with E-state index in [0.29, 0.717) is 22.8 Å². The lowest BCUT2D eigenvalue weighted by molar-refractivity contribution is -0.137. The molecule has 0 aliphatic heterocycles. The summed E-state index contributed by atoms with van der Waals surface area (Å²) in [7, 11) is 0. The molecule has 5 heteroatoms. The van der Waals surface area contributed by atoms with E-state index in [9.17, 15) is 13.2 Å². The molecule has 0 unspecified atom stereocenters. The van der Waals surface area contributed by atoms with Crippen LogP contribution in [0.15, 0.2) is 72.8 Å². The number of rotatable bonds is 3. The summed E-state index contributed by atoms with van der Waals surface area (Å²) in [6, 6.07) is 20.9. The minimum Gasteiger partial charge on any atom is -0.337 e. The number of imidazole rings is 1. The Morgan fingerprint density at radius 2 is 1.52 bits per heavy atom. The summed E-state index contributed by atoms with van der Waals surface area (Å²) in [5.41, 5.74) is 4.85. The van der Waals surface area contributed by atoms with Gasteiger partial charge in [-0.05, 0) is 37.6 Å². The molecule has 0 bridgehead atoms. The molecule has 3 aromatic carbocycles. The summed E-state index contributed by atoms with van der Waals surface area (Å²) < 4.78 is 39.7. The van der Waals surface area contributed by atoms with E-state index >= 15 is 0 Å². The van der Waals surface area contributed by atoms with Crippen LogP contribution in [0.2, 0.25) is 0 Å². The van der Waals surface area contributed by atoms with Gasteiger partial charge in [-0.3, -0.25) is 0 Å². The second kappa shape index (κ2) is 7.24. The van der Waals surface area contributed by atoms with Crippen molar-refractivity contribution in [3.05, 3.63) is 89.5 Å². The van der Waals surface area contributed by atoms with Crippen molar-refractivity contribution < 1.29 is 13.2 Å². The molecule has 146 valence electrons. The average Bonchev–Trinajstić information content (AvgIpc) is 3.15. The van der Waals surface area contributed by atoms with Gasteiger partial charge in [0.1, 0.15) is 5.82 Å². The molecule has 4 aromatic rings. The van der Waals surface area contributed by atoms with Crippen molar-refractivity contribution >= 4 is 0 Å². The van der Waals surface area contributed by atoms with Crippen molar-refractivity contribution in [3.8, 4) is 33.9 Å². The molecule has 0 atom stereocenters. The molecule has 0 radical (unpaired) electrons. The second-order valence-corrected chi connectivity index (χ2v) is 7.07. The van der Waals surface area contributed by atoms with Crippen molar-refractivity contribution in [2.45, 2.75) is 20.0 Å². The summed E-state index contributed by atoms with van der Waals surface area (Å²) in [6.07, 6.45) is -4.41. The highest BCUT2D eigenvalue weighted by atomic mass is 19.4. The van der Waals surface area contributed by atoms with Crippen LogP contribution in [0.25, 0.3) is 33.9 Å². The van der Waals surface area contributed by atoms with Crippen molar-refractivity contribution in [2.75, 3.05) is 0 Å². The third-order valence-electron chi connectivity index (χ3n) is 4.88. The highest BCUT2D eigenvalue weighted by Gasteiger charge is 2.31. The number of halogens is 3. The number of aromatic amines is 1. The summed E-state index contributed by atoms with van der Waals surface area (Å²) in [6.45, 7) is 3.99. The van der Waals surface area contributed by atoms with Crippen LogP contribution in [-0.2, 0) is 6.18 Å². The fourth-order valence-electron chi connectivity index (χ4n) is 3.36. The maximum absolute atomic E-state index is 13.2. The van der Waals surface area contributed by atoms with E-state index in [-0.39, 0.29) is 0 Å². The van der Waals surface area contributed by atoms with Gasteiger partial charge >= 0.3 is 6.18 Å². The van der Waals surface area contributed by atoms with Crippen molar-refractivity contribution in [1.29, 1.82) is 0 Å². The van der Waals surface area contributed by atoms with E-state index in [0.717, 1.165) is 34.4 Å². The summed E-state index contributed by atoms with van der Waals surface area (Å²) in [5, 5.41) is 0. The summed E-state index contributed by atoms with van der Waals surface area (Å²) in [4.78, 5) is 8.08. The van der Waals surface area contributed by atoms with Gasteiger partial charge < -0.3 is 4.98 Å². The lowest BCUT2D eigenvalue weighted by Crippen LogP contribution is -2.04. The van der Waals surface area contributed by atoms with E-state index in [1.54, 1.807) is 6.07 Å². The number of hydrogen-bond acceptors (Lipinski definition) is 1. The Bertz CT molecular complexity index is 1160. The fraction of sp³-hybridized carbons (Fsp3) is 0.125. The third-order valence-corrected chi connectivity index (χ3v) is 4.88. The average molecular weight is 392 g/mol. The zero-order valence-corrected chi connectivity index (χ0v) is 16.0. The Balaban J connectivity index is 1.94. The van der Waals surface area contributed by atoms with Crippen LogP contribution in [0, 0.1) is 13.8 Å². The van der Waals surface area contributed by atoms with E-state index in [1.807, 2.05) is 62.4 Å². The van der Waals surface area contributed by atoms with Crippen LogP contribution in [-0.4, -0.2) is 9.97 Å². The molecule has 1 aromatic heterocycles. The van der Waals surface area contributed by atoms with Gasteiger partial charge in [0.25, 0.3) is 0 Å². The first kappa shape index (κ1) is 19.0. The van der Waals surface area contributed by atoms with E-state index in [2.05, 4.69) is 4.98 Å². The zero-order chi connectivity index (χ0) is 20.6. The van der Waals surface area contributed by atoms with Gasteiger partial charge in [-0.25, -0.2) is 4.98 Å². The minimum atomic E-state index is -4.41. The van der Waals surface area contributed by atoms with E-state index in [1.165, 1.54) is 6.07 Å². The second-order valence-electron chi connectivity index (χ2n) is 7.07. The number of hydrogen-bond donors (Lipinski definition) is 1. The highest BCUT2D eigenvalue weighted by molar-refractivity contribution is 5.82. The molecule has 0 spiro atoms. The summed E-state index contributed by atoms with van der Waals surface area (Å²) >= 11 is 0. The molecule has 2 nitrogen and oxygen atoms in total. The molecule has 1 heterocycles. The number of aromatic nitrogens is 2. The van der Waals surface area contributed by atoms with Crippen LogP contribution in [0.1, 0.15) is 16.7 Å². The molecular formula is C24H19F3N2. The lowest BCUT2D eigenvalue weighted by Gasteiger charge is -2.08. The molecule has 4 rings (SSSR count). The molecule has 0 saturated carbocycles. The Morgan fingerprint density at radius 3 is 2.24 bits per heavy atom. The molecule has 0 aliphatic rings. The molecule has 0 aliphatic carbocycles. The van der Waals surface area contributed by atoms with Crippen LogP contribution in [0.4, 0.5) is 13.2 Å². The van der Waals surface area contributed by atoms with Gasteiger partial charge in [0.05, 0.1) is 17.0 Å². The Morgan fingerprint density at radius 1 is 0.793 bits per heavy atom. The zero-order valence-electron chi connectivity index (χ0n) is 16.0. The van der Waals surface area contributed by atoms with Gasteiger partial charge in [-0.2, -0.15) is 13.2 Å². The van der Waals surface area contributed by atoms with Crippen molar-refractivity contribution in [3.63, 3.8) is 0 Å². The van der Waals surface area contributed by atoms with Crippen LogP contribution in [0.5, 0.6) is 0 Å². The SMILES string of the molecule is Cc1ccc(C)c(-c2nc(-c3cccc(C(F)(F)F)c3)c(-c3ccccc3)[nH]2)c1. The van der Waals surface area contributed by atoms with Crippen molar-refractivity contribution in [2.24, 2.45) is 0 Å². The van der Waals surface area contributed by atoms with E-state index in [4.69, 9.17) is 4.98 Å². The Hall–Kier alpha value is -3.34. The molecular weight excluding hydrogens is 373 g/mol. The number of nitrogens with one attached hydrogen (secondary N) is 1. The molecule has 0 saturated heterocycles. The summed E-state index contributed by atoms with van der Waals surface area (Å²) in [5.74, 6) is 0.637. The number of H-pyrrole nitrogens is 1. The fourth-order valence-corrected chi connectivity index (χ4v) is 3.36. The third kappa shape index (κ3) is 3.81. The van der Waals surface area contributed by atoms with Gasteiger partial charge in [0.2, 0.25) is 0 Å². The first-order valence-corrected chi connectivity index (χ1v) is 9.23. The lowest BCUT2D eigenvalue weighted by atomic mass is 10.0. The van der Waals surface area contributed by atoms with Gasteiger partial charge in [-0.15, -0.1) is 0 Å². The standard InChI is InChI=1S/C24H19F3N2/c1-15-11-12-16(2)20(13-15)23-28-21(17-7-4-3-5-8-17)22(29-23)18-9-6-10-19(14-18)24(25,26)27/h3-14H,1-2H3,(H,28,29). The van der Waals surface area contributed by atoms with Crippen LogP contribution >= 0.6 is 0 Å². The minimum absolute atomic E-state index is 0.423. The van der Waals surface area contributed by atoms with Gasteiger partial charge in [0, 0.05) is 16.7 Å². The van der Waals surface area contributed by atoms with Crippen LogP contribution < -0.4 is 0 Å². The van der Waals surface area contributed by atoms with Gasteiger partial charge in [-0.1, -0.05) is 60.2 Å². The van der Waals surface area contributed by atoms with Crippen molar-refractivity contribution in [1.82, 2.24) is 9.97 Å². The topological polar surface area (TPSA) is 28.7 Å². The number of nitrogens with zero attached hydrogens (tertiary/aromatic N) is 1. The predicted octanol–water partition coefficient (Wildman–Crippen LogP) is 7.05. The first-order valence-electron chi connectivity index (χ1n) is 9.23. The quantitative estimate of drug-likeness (QED) is 0.398. The monoisotopic (exact) mass is 392 g/mol. The first-order chi connectivity index (χ1) is 13.8. The predicted molar refractivity (Wildman–Crippen MR) is 109 cm³/mol. The number of aryl methyl sites for hydroxylation is 2. The maximum atomic E-state index is 13.2. The molecule has 29 heavy (non-hydrogen) atoms. The van der Waals surface area contributed by atoms with Crippen LogP contribution in [0.3, 0.4) is 0 Å². The maximum Gasteiger partial charge on any atom is 0.416 e. The number of alkyl halides is 3.